The minimum atomic E-state index is -0.630. The number of esters is 1. The molecule has 1 aliphatic rings. The number of benzene rings is 2. The number of Topliss-reactive ketones (excluding diaryl/α,β-unsaturated/α-hetero) is 1. The first-order chi connectivity index (χ1) is 14.5. The predicted molar refractivity (Wildman–Crippen MR) is 114 cm³/mol. The Morgan fingerprint density at radius 2 is 1.87 bits per heavy atom. The molecule has 6 heteroatoms. The number of carbonyl (C=O) groups excluding carboxylic acids is 2. The summed E-state index contributed by atoms with van der Waals surface area (Å²) in [4.78, 5) is 42.2. The molecule has 2 aromatic carbocycles. The summed E-state index contributed by atoms with van der Waals surface area (Å²) >= 11 is 0. The molecule has 1 atom stereocenters. The number of nitrogens with zero attached hydrogens (tertiary/aromatic N) is 2. The summed E-state index contributed by atoms with van der Waals surface area (Å²) in [5.74, 6) is 0.0533. The van der Waals surface area contributed by atoms with Crippen molar-refractivity contribution in [3.8, 4) is 5.69 Å². The lowest BCUT2D eigenvalue weighted by atomic mass is 9.96. The SMILES string of the molecule is Cc1ccc(-n2c(CCC(=O)O[C@@H]3CCCCC3=O)nc3ccccc3c2=O)cc1. The van der Waals surface area contributed by atoms with E-state index in [0.717, 1.165) is 18.4 Å². The maximum atomic E-state index is 13.2. The Morgan fingerprint density at radius 3 is 2.63 bits per heavy atom. The first kappa shape index (κ1) is 20.0. The van der Waals surface area contributed by atoms with Gasteiger partial charge in [0.15, 0.2) is 11.9 Å². The zero-order valence-electron chi connectivity index (χ0n) is 17.0. The Labute approximate surface area is 174 Å². The van der Waals surface area contributed by atoms with E-state index in [1.165, 1.54) is 0 Å². The summed E-state index contributed by atoms with van der Waals surface area (Å²) < 4.78 is 6.96. The van der Waals surface area contributed by atoms with Crippen molar-refractivity contribution < 1.29 is 14.3 Å². The molecule has 0 radical (unpaired) electrons. The van der Waals surface area contributed by atoms with Crippen LogP contribution in [0.1, 0.15) is 43.5 Å². The average Bonchev–Trinajstić information content (AvgIpc) is 2.75. The summed E-state index contributed by atoms with van der Waals surface area (Å²) in [6, 6.07) is 14.8. The van der Waals surface area contributed by atoms with Gasteiger partial charge < -0.3 is 4.74 Å². The van der Waals surface area contributed by atoms with Gasteiger partial charge in [-0.3, -0.25) is 19.0 Å². The van der Waals surface area contributed by atoms with Gasteiger partial charge in [0.05, 0.1) is 23.0 Å². The molecule has 1 aromatic heterocycles. The lowest BCUT2D eigenvalue weighted by Crippen LogP contribution is -2.30. The largest absolute Gasteiger partial charge is 0.454 e. The second kappa shape index (κ2) is 8.61. The van der Waals surface area contributed by atoms with Crippen molar-refractivity contribution >= 4 is 22.7 Å². The van der Waals surface area contributed by atoms with Crippen molar-refractivity contribution in [3.63, 3.8) is 0 Å². The molecular formula is C24H24N2O4. The van der Waals surface area contributed by atoms with Crippen LogP contribution in [-0.2, 0) is 20.7 Å². The van der Waals surface area contributed by atoms with Crippen molar-refractivity contribution in [2.45, 2.75) is 51.6 Å². The fraction of sp³-hybridized carbons (Fsp3) is 0.333. The molecule has 3 aromatic rings. The molecular weight excluding hydrogens is 380 g/mol. The zero-order chi connectivity index (χ0) is 21.1. The zero-order valence-corrected chi connectivity index (χ0v) is 17.0. The van der Waals surface area contributed by atoms with Crippen LogP contribution < -0.4 is 5.56 Å². The summed E-state index contributed by atoms with van der Waals surface area (Å²) in [5.41, 5.74) is 2.21. The average molecular weight is 404 g/mol. The highest BCUT2D eigenvalue weighted by Crippen LogP contribution is 2.19. The minimum absolute atomic E-state index is 0.00464. The van der Waals surface area contributed by atoms with Crippen LogP contribution in [0.3, 0.4) is 0 Å². The molecule has 0 bridgehead atoms. The van der Waals surface area contributed by atoms with Gasteiger partial charge in [-0.2, -0.15) is 0 Å². The van der Waals surface area contributed by atoms with E-state index in [9.17, 15) is 14.4 Å². The van der Waals surface area contributed by atoms with Gasteiger partial charge in [0.2, 0.25) is 0 Å². The van der Waals surface area contributed by atoms with Gasteiger partial charge in [0, 0.05) is 12.8 Å². The topological polar surface area (TPSA) is 78.3 Å². The first-order valence-corrected chi connectivity index (χ1v) is 10.3. The highest BCUT2D eigenvalue weighted by molar-refractivity contribution is 5.86. The maximum absolute atomic E-state index is 13.2. The molecule has 6 nitrogen and oxygen atoms in total. The number of aryl methyl sites for hydroxylation is 2. The Hall–Kier alpha value is -3.28. The maximum Gasteiger partial charge on any atom is 0.306 e. The molecule has 0 aliphatic heterocycles. The van der Waals surface area contributed by atoms with Gasteiger partial charge in [0.25, 0.3) is 5.56 Å². The van der Waals surface area contributed by atoms with Crippen LogP contribution in [0.4, 0.5) is 0 Å². The molecule has 0 unspecified atom stereocenters. The molecule has 1 saturated carbocycles. The molecule has 0 N–H and O–H groups in total. The Kier molecular flexibility index (Phi) is 5.74. The second-order valence-electron chi connectivity index (χ2n) is 7.71. The van der Waals surface area contributed by atoms with Gasteiger partial charge in [-0.15, -0.1) is 0 Å². The number of rotatable bonds is 5. The minimum Gasteiger partial charge on any atom is -0.454 e. The standard InChI is InChI=1S/C24H24N2O4/c1-16-10-12-17(13-11-16)26-22(25-19-7-3-2-6-18(19)24(26)29)14-15-23(28)30-21-9-5-4-8-20(21)27/h2-3,6-7,10-13,21H,4-5,8-9,14-15H2,1H3/t21-/m1/s1. The molecule has 0 saturated heterocycles. The summed E-state index contributed by atoms with van der Waals surface area (Å²) in [6.07, 6.45) is 2.48. The van der Waals surface area contributed by atoms with E-state index in [2.05, 4.69) is 4.98 Å². The summed E-state index contributed by atoms with van der Waals surface area (Å²) in [5, 5.41) is 0.525. The summed E-state index contributed by atoms with van der Waals surface area (Å²) in [6.45, 7) is 1.98. The number of hydrogen-bond donors (Lipinski definition) is 0. The number of aromatic nitrogens is 2. The van der Waals surface area contributed by atoms with E-state index in [4.69, 9.17) is 4.74 Å². The van der Waals surface area contributed by atoms with E-state index in [1.54, 1.807) is 16.7 Å². The molecule has 1 aliphatic carbocycles. The van der Waals surface area contributed by atoms with Crippen molar-refractivity contribution in [3.05, 3.63) is 70.3 Å². The number of carbonyl (C=O) groups is 2. The number of hydrogen-bond acceptors (Lipinski definition) is 5. The van der Waals surface area contributed by atoms with Gasteiger partial charge in [-0.05, 0) is 50.5 Å². The molecule has 1 heterocycles. The molecule has 1 fully saturated rings. The van der Waals surface area contributed by atoms with Crippen molar-refractivity contribution in [2.24, 2.45) is 0 Å². The van der Waals surface area contributed by atoms with Crippen LogP contribution in [-0.4, -0.2) is 27.4 Å². The Morgan fingerprint density at radius 1 is 1.10 bits per heavy atom. The van der Waals surface area contributed by atoms with E-state index >= 15 is 0 Å². The highest BCUT2D eigenvalue weighted by Gasteiger charge is 2.26. The second-order valence-corrected chi connectivity index (χ2v) is 7.71. The molecule has 4 rings (SSSR count). The van der Waals surface area contributed by atoms with E-state index in [-0.39, 0.29) is 24.2 Å². The van der Waals surface area contributed by atoms with Crippen LogP contribution in [0.2, 0.25) is 0 Å². The fourth-order valence-corrected chi connectivity index (χ4v) is 3.81. The van der Waals surface area contributed by atoms with Crippen LogP contribution in [0.15, 0.2) is 53.3 Å². The van der Waals surface area contributed by atoms with Crippen LogP contribution >= 0.6 is 0 Å². The van der Waals surface area contributed by atoms with Crippen molar-refractivity contribution in [1.82, 2.24) is 9.55 Å². The molecule has 154 valence electrons. The van der Waals surface area contributed by atoms with E-state index < -0.39 is 12.1 Å². The summed E-state index contributed by atoms with van der Waals surface area (Å²) in [7, 11) is 0. The number of para-hydroxylation sites is 1. The highest BCUT2D eigenvalue weighted by atomic mass is 16.5. The Bertz CT molecular complexity index is 1150. The third-order valence-corrected chi connectivity index (χ3v) is 5.46. The third kappa shape index (κ3) is 4.17. The molecule has 30 heavy (non-hydrogen) atoms. The number of ketones is 1. The van der Waals surface area contributed by atoms with Gasteiger partial charge >= 0.3 is 5.97 Å². The number of ether oxygens (including phenoxy) is 1. The van der Waals surface area contributed by atoms with Crippen molar-refractivity contribution in [2.75, 3.05) is 0 Å². The van der Waals surface area contributed by atoms with Gasteiger partial charge in [0.1, 0.15) is 5.82 Å². The van der Waals surface area contributed by atoms with E-state index in [1.807, 2.05) is 43.3 Å². The van der Waals surface area contributed by atoms with Crippen molar-refractivity contribution in [1.29, 1.82) is 0 Å². The smallest absolute Gasteiger partial charge is 0.306 e. The quantitative estimate of drug-likeness (QED) is 0.606. The molecule has 0 spiro atoms. The predicted octanol–water partition coefficient (Wildman–Crippen LogP) is 3.68. The number of fused-ring (bicyclic) bond motifs is 1. The van der Waals surface area contributed by atoms with Gasteiger partial charge in [-0.25, -0.2) is 4.98 Å². The Balaban J connectivity index is 1.63. The lowest BCUT2D eigenvalue weighted by Gasteiger charge is -2.20. The normalized spacial score (nSPS) is 16.6. The fourth-order valence-electron chi connectivity index (χ4n) is 3.81. The third-order valence-electron chi connectivity index (χ3n) is 5.46. The monoisotopic (exact) mass is 404 g/mol. The first-order valence-electron chi connectivity index (χ1n) is 10.3. The van der Waals surface area contributed by atoms with Crippen LogP contribution in [0.5, 0.6) is 0 Å². The lowest BCUT2D eigenvalue weighted by molar-refractivity contribution is -0.156. The van der Waals surface area contributed by atoms with Crippen LogP contribution in [0, 0.1) is 6.92 Å². The van der Waals surface area contributed by atoms with Crippen LogP contribution in [0.25, 0.3) is 16.6 Å². The van der Waals surface area contributed by atoms with E-state index in [0.29, 0.717) is 35.3 Å². The molecule has 0 amide bonds. The van der Waals surface area contributed by atoms with Gasteiger partial charge in [-0.1, -0.05) is 29.8 Å².